The van der Waals surface area contributed by atoms with Crippen LogP contribution in [0.25, 0.3) is 0 Å². The van der Waals surface area contributed by atoms with Crippen molar-refractivity contribution in [2.24, 2.45) is 17.6 Å². The first-order valence-corrected chi connectivity index (χ1v) is 34.5. The smallest absolute Gasteiger partial charge is 0.308 e. The molecule has 3 fully saturated rings. The first-order chi connectivity index (χ1) is 48.7. The van der Waals surface area contributed by atoms with Crippen LogP contribution in [0.3, 0.4) is 0 Å². The number of aliphatic carboxylic acids is 4. The number of rotatable bonds is 27. The number of anilines is 1. The van der Waals surface area contributed by atoms with Gasteiger partial charge in [0, 0.05) is 30.8 Å². The molecule has 0 radical (unpaired) electrons. The average molecular weight is 1450 g/mol. The maximum Gasteiger partial charge on any atom is 0.308 e. The first kappa shape index (κ1) is 85.2. The van der Waals surface area contributed by atoms with Gasteiger partial charge in [0.1, 0.15) is 48.3 Å². The number of benzene rings is 1. The van der Waals surface area contributed by atoms with Crippen LogP contribution in [0, 0.1) is 11.8 Å². The second-order valence-electron chi connectivity index (χ2n) is 26.1. The van der Waals surface area contributed by atoms with Crippen molar-refractivity contribution in [2.45, 2.75) is 224 Å². The third kappa shape index (κ3) is 27.6. The lowest BCUT2D eigenvalue weighted by Crippen LogP contribution is -2.66. The number of piperidine rings is 1. The molecule has 14 amide bonds. The Labute approximate surface area is 594 Å². The van der Waals surface area contributed by atoms with Crippen LogP contribution in [0.2, 0.25) is 0 Å². The van der Waals surface area contributed by atoms with Crippen molar-refractivity contribution in [1.29, 1.82) is 0 Å². The van der Waals surface area contributed by atoms with Crippen LogP contribution in [0.1, 0.15) is 167 Å². The minimum atomic E-state index is -2.19. The number of nitrogens with one attached hydrogen (secondary N) is 12. The molecule has 3 aliphatic rings. The van der Waals surface area contributed by atoms with Gasteiger partial charge in [0.25, 0.3) is 5.91 Å². The molecule has 37 nitrogen and oxygen atoms in total. The Bertz CT molecular complexity index is 3260. The molecule has 1 aromatic carbocycles. The zero-order valence-electron chi connectivity index (χ0n) is 58.7. The Morgan fingerprint density at radius 1 is 0.573 bits per heavy atom. The summed E-state index contributed by atoms with van der Waals surface area (Å²) in [6.45, 7) is 5.49. The third-order valence-electron chi connectivity index (χ3n) is 17.6. The second kappa shape index (κ2) is 42.3. The van der Waals surface area contributed by atoms with E-state index in [0.29, 0.717) is 12.1 Å². The van der Waals surface area contributed by atoms with Crippen LogP contribution < -0.4 is 69.5 Å². The largest absolute Gasteiger partial charge is 0.481 e. The number of unbranched alkanes of at least 4 members (excludes halogenated alkanes) is 8. The van der Waals surface area contributed by atoms with E-state index in [0.717, 1.165) is 48.8 Å². The van der Waals surface area contributed by atoms with Gasteiger partial charge in [-0.05, 0) is 89.5 Å². The number of carbonyl (C=O) groups is 18. The van der Waals surface area contributed by atoms with Gasteiger partial charge in [-0.25, -0.2) is 0 Å². The third-order valence-corrected chi connectivity index (χ3v) is 17.6. The van der Waals surface area contributed by atoms with Gasteiger partial charge in [-0.15, -0.1) is 0 Å². The summed E-state index contributed by atoms with van der Waals surface area (Å²) in [7, 11) is 0. The molecule has 0 aromatic heterocycles. The molecule has 3 aliphatic heterocycles. The van der Waals surface area contributed by atoms with Crippen molar-refractivity contribution >= 4 is 112 Å². The predicted octanol–water partition coefficient (Wildman–Crippen LogP) is -3.06. The van der Waals surface area contributed by atoms with E-state index in [1.807, 2.05) is 10.6 Å². The highest BCUT2D eigenvalue weighted by Crippen LogP contribution is 2.24. The molecule has 12 atom stereocenters. The van der Waals surface area contributed by atoms with Crippen molar-refractivity contribution in [3.05, 3.63) is 29.8 Å². The van der Waals surface area contributed by atoms with Crippen LogP contribution in [0.5, 0.6) is 0 Å². The lowest BCUT2D eigenvalue weighted by Gasteiger charge is -2.39. The van der Waals surface area contributed by atoms with Gasteiger partial charge < -0.3 is 89.1 Å². The zero-order valence-corrected chi connectivity index (χ0v) is 58.7. The van der Waals surface area contributed by atoms with Gasteiger partial charge in [0.2, 0.25) is 76.8 Å². The summed E-state index contributed by atoms with van der Waals surface area (Å²) >= 11 is 0. The normalized spacial score (nSPS) is 23.5. The fourth-order valence-corrected chi connectivity index (χ4v) is 11.8. The van der Waals surface area contributed by atoms with Crippen molar-refractivity contribution in [3.8, 4) is 0 Å². The SMILES string of the molecule is CCCCCCCCCCCC(=O)Nc1ccc(C(=O)NC(CC(=O)O)C(=O)NC2C(=O)N3CCCCC3C(=O)NC(C(C)C(=O)O)C(=O)NC(CC(=O)O)C(=O)NCC(=O)NC(=O)C(CC(=O)O)NCC(=O)NC(C(C)NC(=O)CN)C(=O)NC(C(C)C)C(=O)N3CCCC3C(=O)NC2C)cc1. The maximum absolute atomic E-state index is 15.4. The molecule has 0 spiro atoms. The van der Waals surface area contributed by atoms with E-state index in [9.17, 15) is 102 Å². The molecule has 0 bridgehead atoms. The van der Waals surface area contributed by atoms with Gasteiger partial charge in [-0.2, -0.15) is 0 Å². The fraction of sp³-hybridized carbons (Fsp3) is 0.636. The van der Waals surface area contributed by atoms with E-state index >= 15 is 4.79 Å². The molecule has 570 valence electrons. The van der Waals surface area contributed by atoms with E-state index < -0.39 is 218 Å². The summed E-state index contributed by atoms with van der Waals surface area (Å²) in [6.07, 6.45) is 6.48. The van der Waals surface area contributed by atoms with Crippen LogP contribution in [0.15, 0.2) is 24.3 Å². The number of fused-ring (bicyclic) bond motifs is 2. The molecule has 0 aliphatic carbocycles. The van der Waals surface area contributed by atoms with E-state index in [2.05, 4.69) is 54.8 Å². The highest BCUT2D eigenvalue weighted by Gasteiger charge is 2.45. The molecule has 18 N–H and O–H groups in total. The van der Waals surface area contributed by atoms with E-state index in [1.54, 1.807) is 5.32 Å². The van der Waals surface area contributed by atoms with E-state index in [4.69, 9.17) is 5.73 Å². The number of nitrogens with zero attached hydrogens (tertiary/aromatic N) is 2. The summed E-state index contributed by atoms with van der Waals surface area (Å²) in [5, 5.41) is 67.7. The Balaban J connectivity index is 1.79. The van der Waals surface area contributed by atoms with Crippen molar-refractivity contribution in [3.63, 3.8) is 0 Å². The number of carboxylic acid groups (broad SMARTS) is 4. The molecule has 103 heavy (non-hydrogen) atoms. The fourth-order valence-electron chi connectivity index (χ4n) is 11.8. The minimum Gasteiger partial charge on any atom is -0.481 e. The molecule has 3 saturated heterocycles. The zero-order chi connectivity index (χ0) is 76.8. The first-order valence-electron chi connectivity index (χ1n) is 34.5. The molecule has 0 saturated carbocycles. The number of hydrogen-bond acceptors (Lipinski definition) is 20. The maximum atomic E-state index is 15.4. The molecule has 4 rings (SSSR count). The van der Waals surface area contributed by atoms with Crippen LogP contribution in [0.4, 0.5) is 5.69 Å². The molecular weight excluding hydrogens is 1350 g/mol. The topological polar surface area (TPSA) is 565 Å². The minimum absolute atomic E-state index is 0.0457. The lowest BCUT2D eigenvalue weighted by molar-refractivity contribution is -0.150. The molecule has 12 unspecified atom stereocenters. The van der Waals surface area contributed by atoms with Gasteiger partial charge in [0.05, 0.1) is 62.9 Å². The van der Waals surface area contributed by atoms with Crippen LogP contribution >= 0.6 is 0 Å². The summed E-state index contributed by atoms with van der Waals surface area (Å²) in [5.74, 6) is -24.9. The lowest BCUT2D eigenvalue weighted by atomic mass is 9.96. The van der Waals surface area contributed by atoms with Gasteiger partial charge in [0.15, 0.2) is 0 Å². The summed E-state index contributed by atoms with van der Waals surface area (Å²) < 4.78 is 0. The summed E-state index contributed by atoms with van der Waals surface area (Å²) in [5.41, 5.74) is 5.74. The van der Waals surface area contributed by atoms with E-state index in [1.165, 1.54) is 71.2 Å². The molecule has 37 heteroatoms. The van der Waals surface area contributed by atoms with Crippen LogP contribution in [-0.4, -0.2) is 236 Å². The Morgan fingerprint density at radius 3 is 1.73 bits per heavy atom. The monoisotopic (exact) mass is 1450 g/mol. The Hall–Kier alpha value is -10.2. The molecular formula is C66H99N15O22. The number of hydrogen-bond donors (Lipinski definition) is 17. The van der Waals surface area contributed by atoms with Gasteiger partial charge in [-0.1, -0.05) is 72.1 Å². The highest BCUT2D eigenvalue weighted by molar-refractivity contribution is 6.04. The molecule has 1 aromatic rings. The summed E-state index contributed by atoms with van der Waals surface area (Å²) in [6, 6.07) is -14.1. The van der Waals surface area contributed by atoms with Crippen molar-refractivity contribution in [2.75, 3.05) is 38.0 Å². The number of nitrogens with two attached hydrogens (primary N) is 1. The number of carbonyl (C=O) groups excluding carboxylic acids is 14. The summed E-state index contributed by atoms with van der Waals surface area (Å²) in [4.78, 5) is 247. The average Bonchev–Trinajstić information content (AvgIpc) is 1.74. The van der Waals surface area contributed by atoms with Crippen molar-refractivity contribution in [1.82, 2.24) is 68.3 Å². The standard InChI is InChI=1S/C66H99N15O22/c1-7-8-9-10-11-12-13-14-15-21-45(82)72-39-24-22-38(23-25-39)56(92)73-42(30-51(90)91)59(95)79-55-37(6)71-60(96)44-20-18-27-81(44)64(100)52(34(2)3)77-63(99)54(36(5)70-46(83)31-67)75-47(84)32-68-40(28-49(86)87)58(94)76-48(85)33-69-57(93)41(29-50(88)89)74-62(98)53(35(4)66(102)103)78-61(97)43-19-16-17-26-80(43)65(55)101/h22-25,34-37,40-44,52-55,68H,7-21,26-33,67H2,1-6H3,(H,69,93)(H,70,83)(H,71,96)(H,72,82)(H,73,92)(H,74,98)(H,75,84)(H,77,99)(H,78,97)(H,79,95)(H,86,87)(H,88,89)(H,90,91)(H,102,103)(H,76,85,94). The van der Waals surface area contributed by atoms with E-state index in [-0.39, 0.29) is 63.1 Å². The number of imide groups is 1. The number of carboxylic acids is 4. The van der Waals surface area contributed by atoms with Gasteiger partial charge >= 0.3 is 23.9 Å². The van der Waals surface area contributed by atoms with Crippen LogP contribution in [-0.2, 0) is 81.5 Å². The van der Waals surface area contributed by atoms with Crippen molar-refractivity contribution < 1.29 is 107 Å². The number of amides is 14. The Kier molecular flexibility index (Phi) is 35.0. The second-order valence-corrected chi connectivity index (χ2v) is 26.1. The Morgan fingerprint density at radius 2 is 1.14 bits per heavy atom. The quantitative estimate of drug-likeness (QED) is 0.0307. The molecule has 3 heterocycles. The van der Waals surface area contributed by atoms with Gasteiger partial charge in [-0.3, -0.25) is 96.9 Å². The predicted molar refractivity (Wildman–Crippen MR) is 363 cm³/mol. The highest BCUT2D eigenvalue weighted by atomic mass is 16.4.